The molecule has 2 aromatic heterocycles. The van der Waals surface area contributed by atoms with E-state index in [1.807, 2.05) is 65.3 Å². The Morgan fingerprint density at radius 3 is 2.23 bits per heavy atom. The van der Waals surface area contributed by atoms with Gasteiger partial charge < -0.3 is 0 Å². The zero-order valence-corrected chi connectivity index (χ0v) is 12.3. The predicted octanol–water partition coefficient (Wildman–Crippen LogP) is 4.14. The van der Waals surface area contributed by atoms with Gasteiger partial charge in [0.25, 0.3) is 0 Å². The highest BCUT2D eigenvalue weighted by molar-refractivity contribution is 6.28. The van der Waals surface area contributed by atoms with E-state index in [-0.39, 0.29) is 5.28 Å². The number of nitrogens with zero attached hydrogens (tertiary/aromatic N) is 4. The van der Waals surface area contributed by atoms with E-state index in [2.05, 4.69) is 15.1 Å². The number of benzene rings is 2. The fourth-order valence-electron chi connectivity index (χ4n) is 2.48. The summed E-state index contributed by atoms with van der Waals surface area (Å²) in [7, 11) is 0. The van der Waals surface area contributed by atoms with Crippen LogP contribution in [0.3, 0.4) is 0 Å². The summed E-state index contributed by atoms with van der Waals surface area (Å²) in [5, 5.41) is 4.67. The van der Waals surface area contributed by atoms with Crippen molar-refractivity contribution in [1.82, 2.24) is 19.7 Å². The lowest BCUT2D eigenvalue weighted by Gasteiger charge is -2.08. The monoisotopic (exact) mass is 306 g/mol. The van der Waals surface area contributed by atoms with Crippen LogP contribution in [0.5, 0.6) is 0 Å². The van der Waals surface area contributed by atoms with Crippen molar-refractivity contribution in [2.45, 2.75) is 0 Å². The molecule has 0 radical (unpaired) electrons. The minimum absolute atomic E-state index is 0.221. The number of rotatable bonds is 2. The standard InChI is InChI=1S/C17H11ClN4/c18-17-20-14-11-19-22(13-9-5-2-6-10-13)16(14)15(21-17)12-7-3-1-4-8-12/h1-11H. The van der Waals surface area contributed by atoms with E-state index in [1.165, 1.54) is 0 Å². The molecule has 0 fully saturated rings. The van der Waals surface area contributed by atoms with Gasteiger partial charge in [0.2, 0.25) is 5.28 Å². The zero-order chi connectivity index (χ0) is 14.9. The van der Waals surface area contributed by atoms with Crippen molar-refractivity contribution in [2.24, 2.45) is 0 Å². The van der Waals surface area contributed by atoms with E-state index in [0.29, 0.717) is 0 Å². The van der Waals surface area contributed by atoms with Crippen molar-refractivity contribution >= 4 is 22.6 Å². The maximum atomic E-state index is 6.07. The maximum Gasteiger partial charge on any atom is 0.223 e. The maximum absolute atomic E-state index is 6.07. The van der Waals surface area contributed by atoms with Crippen molar-refractivity contribution in [3.8, 4) is 16.9 Å². The molecule has 2 heterocycles. The van der Waals surface area contributed by atoms with Crippen LogP contribution < -0.4 is 0 Å². The first-order valence-corrected chi connectivity index (χ1v) is 7.23. The highest BCUT2D eigenvalue weighted by atomic mass is 35.5. The molecule has 0 atom stereocenters. The first-order valence-electron chi connectivity index (χ1n) is 6.85. The Morgan fingerprint density at radius 1 is 0.818 bits per heavy atom. The summed E-state index contributed by atoms with van der Waals surface area (Å²) in [6.07, 6.45) is 1.71. The third-order valence-electron chi connectivity index (χ3n) is 3.44. The molecular weight excluding hydrogens is 296 g/mol. The average Bonchev–Trinajstić information content (AvgIpc) is 2.99. The molecular formula is C17H11ClN4. The Kier molecular flexibility index (Phi) is 3.09. The Bertz CT molecular complexity index is 933. The average molecular weight is 307 g/mol. The van der Waals surface area contributed by atoms with Crippen LogP contribution in [0.4, 0.5) is 0 Å². The summed E-state index contributed by atoms with van der Waals surface area (Å²) in [6.45, 7) is 0. The van der Waals surface area contributed by atoms with E-state index in [1.54, 1.807) is 6.20 Å². The molecule has 4 nitrogen and oxygen atoms in total. The van der Waals surface area contributed by atoms with Crippen molar-refractivity contribution in [3.05, 3.63) is 72.1 Å². The first kappa shape index (κ1) is 13.0. The second-order valence-electron chi connectivity index (χ2n) is 4.83. The Morgan fingerprint density at radius 2 is 1.50 bits per heavy atom. The van der Waals surface area contributed by atoms with Gasteiger partial charge in [-0.1, -0.05) is 48.5 Å². The quantitative estimate of drug-likeness (QED) is 0.523. The minimum atomic E-state index is 0.221. The molecule has 22 heavy (non-hydrogen) atoms. The molecule has 0 N–H and O–H groups in total. The van der Waals surface area contributed by atoms with Crippen LogP contribution in [0.15, 0.2) is 66.9 Å². The van der Waals surface area contributed by atoms with Crippen LogP contribution in [-0.4, -0.2) is 19.7 Å². The third kappa shape index (κ3) is 2.14. The zero-order valence-electron chi connectivity index (χ0n) is 11.5. The van der Waals surface area contributed by atoms with Gasteiger partial charge in [0.1, 0.15) is 16.7 Å². The summed E-state index contributed by atoms with van der Waals surface area (Å²) in [6, 6.07) is 19.8. The van der Waals surface area contributed by atoms with Gasteiger partial charge in [-0.3, -0.25) is 0 Å². The van der Waals surface area contributed by atoms with Crippen molar-refractivity contribution in [2.75, 3.05) is 0 Å². The molecule has 0 spiro atoms. The van der Waals surface area contributed by atoms with Gasteiger partial charge in [-0.25, -0.2) is 14.6 Å². The summed E-state index contributed by atoms with van der Waals surface area (Å²) in [5.41, 5.74) is 4.29. The Labute approximate surface area is 132 Å². The molecule has 2 aromatic carbocycles. The molecule has 0 aliphatic heterocycles. The second kappa shape index (κ2) is 5.24. The SMILES string of the molecule is Clc1nc(-c2ccccc2)c2c(cnn2-c2ccccc2)n1. The van der Waals surface area contributed by atoms with Gasteiger partial charge in [0, 0.05) is 5.56 Å². The summed E-state index contributed by atoms with van der Waals surface area (Å²) >= 11 is 6.07. The van der Waals surface area contributed by atoms with E-state index in [9.17, 15) is 0 Å². The van der Waals surface area contributed by atoms with Crippen molar-refractivity contribution in [3.63, 3.8) is 0 Å². The molecule has 0 aliphatic rings. The number of fused-ring (bicyclic) bond motifs is 1. The summed E-state index contributed by atoms with van der Waals surface area (Å²) in [4.78, 5) is 8.70. The number of halogens is 1. The second-order valence-corrected chi connectivity index (χ2v) is 5.17. The van der Waals surface area contributed by atoms with E-state index in [4.69, 9.17) is 11.6 Å². The fourth-order valence-corrected chi connectivity index (χ4v) is 2.65. The van der Waals surface area contributed by atoms with Crippen LogP contribution in [0, 0.1) is 0 Å². The Balaban J connectivity index is 2.06. The van der Waals surface area contributed by atoms with Crippen molar-refractivity contribution in [1.29, 1.82) is 0 Å². The van der Waals surface area contributed by atoms with Gasteiger partial charge in [-0.2, -0.15) is 5.10 Å². The fraction of sp³-hybridized carbons (Fsp3) is 0. The largest absolute Gasteiger partial charge is 0.229 e. The third-order valence-corrected chi connectivity index (χ3v) is 3.61. The highest BCUT2D eigenvalue weighted by Gasteiger charge is 2.15. The molecule has 4 aromatic rings. The minimum Gasteiger partial charge on any atom is -0.229 e. The lowest BCUT2D eigenvalue weighted by molar-refractivity contribution is 0.909. The van der Waals surface area contributed by atoms with Gasteiger partial charge in [0.05, 0.1) is 11.9 Å². The number of hydrogen-bond acceptors (Lipinski definition) is 3. The van der Waals surface area contributed by atoms with Gasteiger partial charge in [-0.15, -0.1) is 0 Å². The first-order chi connectivity index (χ1) is 10.8. The number of aromatic nitrogens is 4. The molecule has 0 unspecified atom stereocenters. The lowest BCUT2D eigenvalue weighted by atomic mass is 10.1. The molecule has 4 rings (SSSR count). The van der Waals surface area contributed by atoms with Crippen molar-refractivity contribution < 1.29 is 0 Å². The molecule has 0 saturated carbocycles. The van der Waals surface area contributed by atoms with Crippen LogP contribution in [0.1, 0.15) is 0 Å². The molecule has 106 valence electrons. The van der Waals surface area contributed by atoms with Gasteiger partial charge >= 0.3 is 0 Å². The Hall–Kier alpha value is -2.72. The normalized spacial score (nSPS) is 11.0. The van der Waals surface area contributed by atoms with Crippen LogP contribution in [0.2, 0.25) is 5.28 Å². The predicted molar refractivity (Wildman–Crippen MR) is 87.1 cm³/mol. The lowest BCUT2D eigenvalue weighted by Crippen LogP contribution is -1.99. The van der Waals surface area contributed by atoms with Crippen LogP contribution in [0.25, 0.3) is 28.0 Å². The van der Waals surface area contributed by atoms with E-state index >= 15 is 0 Å². The number of hydrogen-bond donors (Lipinski definition) is 0. The topological polar surface area (TPSA) is 43.6 Å². The molecule has 0 bridgehead atoms. The molecule has 5 heteroatoms. The number of para-hydroxylation sites is 1. The molecule has 0 saturated heterocycles. The van der Waals surface area contributed by atoms with Gasteiger partial charge in [-0.05, 0) is 23.7 Å². The molecule has 0 aliphatic carbocycles. The smallest absolute Gasteiger partial charge is 0.223 e. The van der Waals surface area contributed by atoms with E-state index in [0.717, 1.165) is 28.0 Å². The summed E-state index contributed by atoms with van der Waals surface area (Å²) in [5.74, 6) is 0. The van der Waals surface area contributed by atoms with Gasteiger partial charge in [0.15, 0.2) is 0 Å². The highest BCUT2D eigenvalue weighted by Crippen LogP contribution is 2.28. The summed E-state index contributed by atoms with van der Waals surface area (Å²) < 4.78 is 1.84. The van der Waals surface area contributed by atoms with E-state index < -0.39 is 0 Å². The van der Waals surface area contributed by atoms with Crippen LogP contribution in [-0.2, 0) is 0 Å². The molecule has 0 amide bonds. The van der Waals surface area contributed by atoms with Crippen LogP contribution >= 0.6 is 11.6 Å².